The number of aromatic nitrogens is 3. The zero-order valence-electron chi connectivity index (χ0n) is 12.3. The number of nitrogens with zero attached hydrogens (tertiary/aromatic N) is 4. The van der Waals surface area contributed by atoms with Crippen molar-refractivity contribution in [2.45, 2.75) is 23.7 Å². The first-order chi connectivity index (χ1) is 10.9. The van der Waals surface area contributed by atoms with E-state index >= 15 is 0 Å². The van der Waals surface area contributed by atoms with Crippen molar-refractivity contribution in [3.8, 4) is 6.07 Å². The van der Waals surface area contributed by atoms with Gasteiger partial charge in [0.1, 0.15) is 6.07 Å². The molecule has 1 fully saturated rings. The summed E-state index contributed by atoms with van der Waals surface area (Å²) in [5, 5.41) is 13.7. The average Bonchev–Trinajstić information content (AvgIpc) is 3.28. The van der Waals surface area contributed by atoms with Crippen LogP contribution in [-0.4, -0.2) is 23.2 Å². The summed E-state index contributed by atoms with van der Waals surface area (Å²) in [6.45, 7) is 0. The SMILES string of the molecule is Cn1nc(C2CC2)nc1/C(C#N)=C/c1cccc(S(=O)(=O)F)c1. The molecule has 1 aliphatic carbocycles. The van der Waals surface area contributed by atoms with Crippen LogP contribution in [0.2, 0.25) is 0 Å². The Morgan fingerprint density at radius 1 is 1.48 bits per heavy atom. The van der Waals surface area contributed by atoms with Gasteiger partial charge in [-0.25, -0.2) is 9.67 Å². The standard InChI is InChI=1S/C15H13FN4O2S/c1-20-15(18-14(19-20)11-5-6-11)12(9-17)7-10-3-2-4-13(8-10)23(16,21)22/h2-4,7-8,11H,5-6H2,1H3/b12-7+. The fourth-order valence-electron chi connectivity index (χ4n) is 2.22. The number of halogens is 1. The minimum atomic E-state index is -4.78. The van der Waals surface area contributed by atoms with E-state index in [9.17, 15) is 17.6 Å². The van der Waals surface area contributed by atoms with Gasteiger partial charge in [-0.3, -0.25) is 0 Å². The highest BCUT2D eigenvalue weighted by Gasteiger charge is 2.29. The van der Waals surface area contributed by atoms with Crippen LogP contribution in [-0.2, 0) is 17.3 Å². The van der Waals surface area contributed by atoms with E-state index in [1.165, 1.54) is 22.9 Å². The van der Waals surface area contributed by atoms with E-state index in [4.69, 9.17) is 0 Å². The van der Waals surface area contributed by atoms with Crippen molar-refractivity contribution >= 4 is 21.9 Å². The van der Waals surface area contributed by atoms with Gasteiger partial charge in [0, 0.05) is 13.0 Å². The Balaban J connectivity index is 2.01. The lowest BCUT2D eigenvalue weighted by Gasteiger charge is -2.00. The van der Waals surface area contributed by atoms with Crippen LogP contribution in [0.25, 0.3) is 11.6 Å². The van der Waals surface area contributed by atoms with Crippen LogP contribution in [0.4, 0.5) is 3.89 Å². The van der Waals surface area contributed by atoms with Crippen LogP contribution in [0.15, 0.2) is 29.2 Å². The normalized spacial score (nSPS) is 15.4. The van der Waals surface area contributed by atoms with Gasteiger partial charge in [0.25, 0.3) is 0 Å². The molecule has 0 saturated heterocycles. The first-order valence-corrected chi connectivity index (χ1v) is 8.34. The topological polar surface area (TPSA) is 88.6 Å². The van der Waals surface area contributed by atoms with Gasteiger partial charge < -0.3 is 0 Å². The van der Waals surface area contributed by atoms with Crippen LogP contribution < -0.4 is 0 Å². The van der Waals surface area contributed by atoms with Crippen molar-refractivity contribution in [3.63, 3.8) is 0 Å². The molecule has 0 atom stereocenters. The zero-order chi connectivity index (χ0) is 16.6. The third-order valence-corrected chi connectivity index (χ3v) is 4.35. The molecule has 0 bridgehead atoms. The Hall–Kier alpha value is -2.53. The number of aryl methyl sites for hydroxylation is 1. The number of benzene rings is 1. The van der Waals surface area contributed by atoms with Crippen LogP contribution in [0.1, 0.15) is 36.0 Å². The highest BCUT2D eigenvalue weighted by Crippen LogP contribution is 2.38. The molecule has 0 N–H and O–H groups in total. The van der Waals surface area contributed by atoms with Crippen LogP contribution >= 0.6 is 0 Å². The van der Waals surface area contributed by atoms with Crippen molar-refractivity contribution in [3.05, 3.63) is 41.5 Å². The molecule has 3 rings (SSSR count). The van der Waals surface area contributed by atoms with Gasteiger partial charge in [0.2, 0.25) is 0 Å². The van der Waals surface area contributed by atoms with E-state index in [0.29, 0.717) is 23.1 Å². The summed E-state index contributed by atoms with van der Waals surface area (Å²) in [5.74, 6) is 1.47. The fourth-order valence-corrected chi connectivity index (χ4v) is 2.74. The van der Waals surface area contributed by atoms with Gasteiger partial charge in [-0.1, -0.05) is 12.1 Å². The van der Waals surface area contributed by atoms with Crippen molar-refractivity contribution in [2.24, 2.45) is 7.05 Å². The molecule has 1 aliphatic rings. The second-order valence-electron chi connectivity index (χ2n) is 5.37. The Bertz CT molecular complexity index is 937. The van der Waals surface area contributed by atoms with Crippen molar-refractivity contribution in [1.82, 2.24) is 14.8 Å². The first kappa shape index (κ1) is 15.4. The summed E-state index contributed by atoms with van der Waals surface area (Å²) in [7, 11) is -3.09. The molecule has 0 spiro atoms. The van der Waals surface area contributed by atoms with E-state index in [2.05, 4.69) is 10.1 Å². The molecule has 1 heterocycles. The summed E-state index contributed by atoms with van der Waals surface area (Å²) < 4.78 is 36.5. The molecule has 23 heavy (non-hydrogen) atoms. The summed E-state index contributed by atoms with van der Waals surface area (Å²) in [4.78, 5) is 3.93. The van der Waals surface area contributed by atoms with E-state index in [1.54, 1.807) is 13.1 Å². The monoisotopic (exact) mass is 332 g/mol. The van der Waals surface area contributed by atoms with Crippen molar-refractivity contribution in [1.29, 1.82) is 5.26 Å². The number of rotatable bonds is 4. The molecule has 1 aromatic carbocycles. The quantitative estimate of drug-likeness (QED) is 0.633. The second kappa shape index (κ2) is 5.59. The van der Waals surface area contributed by atoms with Crippen molar-refractivity contribution in [2.75, 3.05) is 0 Å². The van der Waals surface area contributed by atoms with Gasteiger partial charge in [-0.15, -0.1) is 3.89 Å². The highest BCUT2D eigenvalue weighted by atomic mass is 32.3. The molecule has 6 nitrogen and oxygen atoms in total. The molecule has 0 amide bonds. The minimum Gasteiger partial charge on any atom is -0.248 e. The first-order valence-electron chi connectivity index (χ1n) is 6.96. The summed E-state index contributed by atoms with van der Waals surface area (Å²) in [6.07, 6.45) is 3.56. The largest absolute Gasteiger partial charge is 0.332 e. The maximum absolute atomic E-state index is 13.1. The average molecular weight is 332 g/mol. The van der Waals surface area contributed by atoms with E-state index < -0.39 is 15.1 Å². The molecule has 0 radical (unpaired) electrons. The predicted molar refractivity (Wildman–Crippen MR) is 81.2 cm³/mol. The second-order valence-corrected chi connectivity index (χ2v) is 6.72. The molecule has 1 aromatic heterocycles. The number of hydrogen-bond acceptors (Lipinski definition) is 5. The number of hydrogen-bond donors (Lipinski definition) is 0. The van der Waals surface area contributed by atoms with E-state index in [1.807, 2.05) is 6.07 Å². The summed E-state index contributed by atoms with van der Waals surface area (Å²) in [6, 6.07) is 7.37. The Morgan fingerprint density at radius 2 is 2.22 bits per heavy atom. The zero-order valence-corrected chi connectivity index (χ0v) is 13.1. The molecule has 2 aromatic rings. The molecule has 8 heteroatoms. The Labute approximate surface area is 133 Å². The van der Waals surface area contributed by atoms with Gasteiger partial charge in [-0.05, 0) is 36.6 Å². The Morgan fingerprint density at radius 3 is 2.83 bits per heavy atom. The van der Waals surface area contributed by atoms with E-state index in [0.717, 1.165) is 18.9 Å². The molecule has 118 valence electrons. The van der Waals surface area contributed by atoms with Gasteiger partial charge in [0.05, 0.1) is 10.5 Å². The lowest BCUT2D eigenvalue weighted by Crippen LogP contribution is -1.98. The number of allylic oxidation sites excluding steroid dienone is 1. The fraction of sp³-hybridized carbons (Fsp3) is 0.267. The maximum atomic E-state index is 13.1. The molecular formula is C15H13FN4O2S. The lowest BCUT2D eigenvalue weighted by molar-refractivity contribution is 0.552. The van der Waals surface area contributed by atoms with E-state index in [-0.39, 0.29) is 5.57 Å². The van der Waals surface area contributed by atoms with Crippen molar-refractivity contribution < 1.29 is 12.3 Å². The maximum Gasteiger partial charge on any atom is 0.332 e. The minimum absolute atomic E-state index is 0.236. The molecule has 1 saturated carbocycles. The smallest absolute Gasteiger partial charge is 0.248 e. The molecule has 0 aliphatic heterocycles. The van der Waals surface area contributed by atoms with Crippen LogP contribution in [0.5, 0.6) is 0 Å². The Kier molecular flexibility index (Phi) is 3.74. The number of nitriles is 1. The van der Waals surface area contributed by atoms with Crippen LogP contribution in [0.3, 0.4) is 0 Å². The third kappa shape index (κ3) is 3.29. The molecular weight excluding hydrogens is 319 g/mol. The van der Waals surface area contributed by atoms with Gasteiger partial charge in [0.15, 0.2) is 11.6 Å². The predicted octanol–water partition coefficient (Wildman–Crippen LogP) is 2.41. The van der Waals surface area contributed by atoms with Gasteiger partial charge in [-0.2, -0.15) is 18.8 Å². The van der Waals surface area contributed by atoms with Gasteiger partial charge >= 0.3 is 10.2 Å². The molecule has 0 unspecified atom stereocenters. The third-order valence-electron chi connectivity index (χ3n) is 3.53. The summed E-state index contributed by atoms with van der Waals surface area (Å²) in [5.41, 5.74) is 0.636. The summed E-state index contributed by atoms with van der Waals surface area (Å²) >= 11 is 0. The highest BCUT2D eigenvalue weighted by molar-refractivity contribution is 7.86. The van der Waals surface area contributed by atoms with Crippen LogP contribution in [0, 0.1) is 11.3 Å². The lowest BCUT2D eigenvalue weighted by atomic mass is 10.1.